The Bertz CT molecular complexity index is 319. The van der Waals surface area contributed by atoms with Crippen molar-refractivity contribution in [3.63, 3.8) is 0 Å². The summed E-state index contributed by atoms with van der Waals surface area (Å²) >= 11 is 0. The van der Waals surface area contributed by atoms with Gasteiger partial charge in [0.2, 0.25) is 0 Å². The first kappa shape index (κ1) is 9.37. The van der Waals surface area contributed by atoms with Gasteiger partial charge in [-0.25, -0.2) is 0 Å². The van der Waals surface area contributed by atoms with Crippen molar-refractivity contribution in [1.29, 1.82) is 0 Å². The molecule has 74 valence electrons. The number of carbonyl (C=O) groups is 1. The van der Waals surface area contributed by atoms with Gasteiger partial charge < -0.3 is 14.3 Å². The van der Waals surface area contributed by atoms with Gasteiger partial charge in [0.05, 0.1) is 5.41 Å². The van der Waals surface area contributed by atoms with E-state index in [9.17, 15) is 4.79 Å². The van der Waals surface area contributed by atoms with Crippen LogP contribution in [-0.4, -0.2) is 19.4 Å². The summed E-state index contributed by atoms with van der Waals surface area (Å²) in [7, 11) is 0. The molecule has 0 spiro atoms. The van der Waals surface area contributed by atoms with Crippen LogP contribution in [0.15, 0.2) is 30.3 Å². The molecule has 3 nitrogen and oxygen atoms in total. The van der Waals surface area contributed by atoms with Crippen molar-refractivity contribution in [3.05, 3.63) is 35.9 Å². The van der Waals surface area contributed by atoms with Crippen molar-refractivity contribution in [3.8, 4) is 0 Å². The second-order valence-corrected chi connectivity index (χ2v) is 3.55. The maximum atomic E-state index is 11.1. The van der Waals surface area contributed by atoms with Crippen LogP contribution in [-0.2, 0) is 19.7 Å². The predicted octanol–water partition coefficient (Wildman–Crippen LogP) is 1.47. The van der Waals surface area contributed by atoms with Crippen LogP contribution >= 0.6 is 0 Å². The highest BCUT2D eigenvalue weighted by molar-refractivity contribution is 5.68. The second-order valence-electron chi connectivity index (χ2n) is 3.55. The summed E-state index contributed by atoms with van der Waals surface area (Å²) in [6.45, 7) is 2.10. The first-order chi connectivity index (χ1) is 6.77. The third-order valence-electron chi connectivity index (χ3n) is 2.57. The predicted molar refractivity (Wildman–Crippen MR) is 50.7 cm³/mol. The standard InChI is InChI=1S/C11H12O3/c1-11(7-12,10-13-8-14-10)9-5-3-2-4-6-9/h2-7,10H,8H2,1H3. The molecule has 1 atom stereocenters. The van der Waals surface area contributed by atoms with Crippen molar-refractivity contribution < 1.29 is 14.3 Å². The molecule has 0 aliphatic carbocycles. The van der Waals surface area contributed by atoms with Crippen LogP contribution < -0.4 is 0 Å². The third-order valence-corrected chi connectivity index (χ3v) is 2.57. The number of rotatable bonds is 3. The van der Waals surface area contributed by atoms with Crippen molar-refractivity contribution in [1.82, 2.24) is 0 Å². The molecular formula is C11H12O3. The van der Waals surface area contributed by atoms with Gasteiger partial charge in [0, 0.05) is 0 Å². The Balaban J connectivity index is 2.32. The zero-order valence-electron chi connectivity index (χ0n) is 7.97. The van der Waals surface area contributed by atoms with Crippen LogP contribution in [0, 0.1) is 0 Å². The van der Waals surface area contributed by atoms with E-state index in [0.717, 1.165) is 11.8 Å². The lowest BCUT2D eigenvalue weighted by molar-refractivity contribution is -0.338. The van der Waals surface area contributed by atoms with Crippen molar-refractivity contribution >= 4 is 6.29 Å². The summed E-state index contributed by atoms with van der Waals surface area (Å²) < 4.78 is 10.4. The lowest BCUT2D eigenvalue weighted by atomic mass is 9.83. The molecule has 1 fully saturated rings. The Kier molecular flexibility index (Phi) is 2.35. The zero-order chi connectivity index (χ0) is 10.0. The summed E-state index contributed by atoms with van der Waals surface area (Å²) in [6, 6.07) is 9.52. The molecule has 0 amide bonds. The summed E-state index contributed by atoms with van der Waals surface area (Å²) in [5, 5.41) is 0. The molecule has 1 heterocycles. The van der Waals surface area contributed by atoms with E-state index in [4.69, 9.17) is 9.47 Å². The number of ether oxygens (including phenoxy) is 2. The monoisotopic (exact) mass is 192 g/mol. The van der Waals surface area contributed by atoms with E-state index in [1.54, 1.807) is 0 Å². The molecule has 3 heteroatoms. The number of benzene rings is 1. The molecule has 1 aromatic carbocycles. The number of hydrogen-bond acceptors (Lipinski definition) is 3. The first-order valence-corrected chi connectivity index (χ1v) is 4.52. The SMILES string of the molecule is CC(C=O)(c1ccccc1)C1OCO1. The maximum absolute atomic E-state index is 11.1. The van der Waals surface area contributed by atoms with Crippen LogP contribution in [0.1, 0.15) is 12.5 Å². The van der Waals surface area contributed by atoms with Gasteiger partial charge in [-0.2, -0.15) is 0 Å². The quantitative estimate of drug-likeness (QED) is 0.680. The Morgan fingerprint density at radius 3 is 2.43 bits per heavy atom. The molecule has 1 aliphatic heterocycles. The molecule has 1 saturated heterocycles. The normalized spacial score (nSPS) is 20.9. The Morgan fingerprint density at radius 1 is 1.36 bits per heavy atom. The van der Waals surface area contributed by atoms with Crippen molar-refractivity contribution in [2.24, 2.45) is 0 Å². The van der Waals surface area contributed by atoms with Crippen molar-refractivity contribution in [2.75, 3.05) is 6.79 Å². The topological polar surface area (TPSA) is 35.5 Å². The summed E-state index contributed by atoms with van der Waals surface area (Å²) in [6.07, 6.45) is 0.439. The van der Waals surface area contributed by atoms with E-state index >= 15 is 0 Å². The molecule has 0 N–H and O–H groups in total. The lowest BCUT2D eigenvalue weighted by Gasteiger charge is -2.38. The lowest BCUT2D eigenvalue weighted by Crippen LogP contribution is -2.48. The third kappa shape index (κ3) is 1.35. The van der Waals surface area contributed by atoms with Gasteiger partial charge in [0.15, 0.2) is 13.1 Å². The highest BCUT2D eigenvalue weighted by atomic mass is 16.8. The summed E-state index contributed by atoms with van der Waals surface area (Å²) in [5.41, 5.74) is 0.221. The molecule has 1 aliphatic rings. The van der Waals surface area contributed by atoms with Gasteiger partial charge >= 0.3 is 0 Å². The highest BCUT2D eigenvalue weighted by Crippen LogP contribution is 2.31. The van der Waals surface area contributed by atoms with Crippen LogP contribution in [0.4, 0.5) is 0 Å². The van der Waals surface area contributed by atoms with E-state index in [0.29, 0.717) is 0 Å². The molecule has 0 bridgehead atoms. The Labute approximate surface area is 82.6 Å². The fraction of sp³-hybridized carbons (Fsp3) is 0.364. The number of carbonyl (C=O) groups excluding carboxylic acids is 1. The van der Waals surface area contributed by atoms with Gasteiger partial charge in [-0.15, -0.1) is 0 Å². The summed E-state index contributed by atoms with van der Waals surface area (Å²) in [4.78, 5) is 11.1. The summed E-state index contributed by atoms with van der Waals surface area (Å²) in [5.74, 6) is 0. The van der Waals surface area contributed by atoms with Gasteiger partial charge in [0.25, 0.3) is 0 Å². The van der Waals surface area contributed by atoms with Crippen LogP contribution in [0.2, 0.25) is 0 Å². The van der Waals surface area contributed by atoms with E-state index < -0.39 is 11.7 Å². The molecule has 1 aromatic rings. The van der Waals surface area contributed by atoms with E-state index in [-0.39, 0.29) is 6.79 Å². The molecule has 2 rings (SSSR count). The average Bonchev–Trinajstić information content (AvgIpc) is 2.16. The minimum Gasteiger partial charge on any atom is -0.325 e. The minimum atomic E-state index is -0.695. The molecule has 0 radical (unpaired) electrons. The average molecular weight is 192 g/mol. The smallest absolute Gasteiger partial charge is 0.179 e. The Hall–Kier alpha value is -1.19. The highest BCUT2D eigenvalue weighted by Gasteiger charge is 2.41. The molecule has 1 unspecified atom stereocenters. The van der Waals surface area contributed by atoms with E-state index in [1.165, 1.54) is 0 Å². The fourth-order valence-corrected chi connectivity index (χ4v) is 1.54. The zero-order valence-corrected chi connectivity index (χ0v) is 7.97. The second kappa shape index (κ2) is 3.52. The fourth-order valence-electron chi connectivity index (χ4n) is 1.54. The maximum Gasteiger partial charge on any atom is 0.179 e. The van der Waals surface area contributed by atoms with Gasteiger partial charge in [-0.1, -0.05) is 30.3 Å². The number of hydrogen-bond donors (Lipinski definition) is 0. The van der Waals surface area contributed by atoms with Crippen LogP contribution in [0.3, 0.4) is 0 Å². The van der Waals surface area contributed by atoms with Crippen LogP contribution in [0.5, 0.6) is 0 Å². The van der Waals surface area contributed by atoms with E-state index in [2.05, 4.69) is 0 Å². The van der Waals surface area contributed by atoms with Gasteiger partial charge in [0.1, 0.15) is 6.29 Å². The molecule has 14 heavy (non-hydrogen) atoms. The number of aldehydes is 1. The van der Waals surface area contributed by atoms with Gasteiger partial charge in [-0.3, -0.25) is 0 Å². The molecular weight excluding hydrogens is 180 g/mol. The Morgan fingerprint density at radius 2 is 2.00 bits per heavy atom. The molecule has 0 aromatic heterocycles. The van der Waals surface area contributed by atoms with Gasteiger partial charge in [-0.05, 0) is 12.5 Å². The van der Waals surface area contributed by atoms with Crippen molar-refractivity contribution in [2.45, 2.75) is 18.6 Å². The molecule has 0 saturated carbocycles. The van der Waals surface area contributed by atoms with Crippen LogP contribution in [0.25, 0.3) is 0 Å². The first-order valence-electron chi connectivity index (χ1n) is 4.52. The van der Waals surface area contributed by atoms with E-state index in [1.807, 2.05) is 37.3 Å². The minimum absolute atomic E-state index is 0.279. The largest absolute Gasteiger partial charge is 0.325 e.